The molecule has 2 aromatic rings. The van der Waals surface area contributed by atoms with E-state index in [9.17, 15) is 9.59 Å². The van der Waals surface area contributed by atoms with Crippen molar-refractivity contribution in [2.45, 2.75) is 19.4 Å². The summed E-state index contributed by atoms with van der Waals surface area (Å²) in [6.07, 6.45) is -0.500. The molecule has 6 heteroatoms. The van der Waals surface area contributed by atoms with E-state index in [1.165, 1.54) is 11.3 Å². The Bertz CT molecular complexity index is 724. The number of carbonyl (C=O) groups excluding carboxylic acids is 1. The predicted octanol–water partition coefficient (Wildman–Crippen LogP) is 2.53. The molecule has 1 aromatic heterocycles. The van der Waals surface area contributed by atoms with Crippen molar-refractivity contribution in [1.82, 2.24) is 4.90 Å². The SMILES string of the molecule is Cc1c(C(=O)N2CCO[C@H](CC(=O)O)C2)sc2ccccc12. The molecule has 0 aliphatic carbocycles. The van der Waals surface area contributed by atoms with Crippen molar-refractivity contribution in [3.05, 3.63) is 34.7 Å². The van der Waals surface area contributed by atoms with Gasteiger partial charge in [-0.05, 0) is 23.9 Å². The van der Waals surface area contributed by atoms with E-state index in [2.05, 4.69) is 0 Å². The number of thiophene rings is 1. The average Bonchev–Trinajstić information content (AvgIpc) is 2.84. The summed E-state index contributed by atoms with van der Waals surface area (Å²) in [6, 6.07) is 7.96. The number of hydrogen-bond acceptors (Lipinski definition) is 4. The number of carbonyl (C=O) groups is 2. The van der Waals surface area contributed by atoms with Gasteiger partial charge in [-0.1, -0.05) is 18.2 Å². The first-order valence-electron chi connectivity index (χ1n) is 7.17. The number of hydrogen-bond donors (Lipinski definition) is 1. The second-order valence-corrected chi connectivity index (χ2v) is 6.45. The van der Waals surface area contributed by atoms with Crippen LogP contribution in [0.1, 0.15) is 21.7 Å². The van der Waals surface area contributed by atoms with E-state index in [0.29, 0.717) is 19.7 Å². The van der Waals surface area contributed by atoms with Gasteiger partial charge < -0.3 is 14.7 Å². The molecule has 2 heterocycles. The molecular formula is C16H17NO4S. The Labute approximate surface area is 132 Å². The maximum absolute atomic E-state index is 12.8. The lowest BCUT2D eigenvalue weighted by molar-refractivity contribution is -0.141. The highest BCUT2D eigenvalue weighted by atomic mass is 32.1. The first-order chi connectivity index (χ1) is 10.6. The zero-order chi connectivity index (χ0) is 15.7. The van der Waals surface area contributed by atoms with E-state index in [-0.39, 0.29) is 12.3 Å². The van der Waals surface area contributed by atoms with Crippen LogP contribution in [0.15, 0.2) is 24.3 Å². The van der Waals surface area contributed by atoms with Crippen molar-refractivity contribution < 1.29 is 19.4 Å². The minimum absolute atomic E-state index is 0.0302. The number of fused-ring (bicyclic) bond motifs is 1. The summed E-state index contributed by atoms with van der Waals surface area (Å²) in [6.45, 7) is 3.18. The highest BCUT2D eigenvalue weighted by Crippen LogP contribution is 2.31. The summed E-state index contributed by atoms with van der Waals surface area (Å²) < 4.78 is 6.52. The number of nitrogens with zero attached hydrogens (tertiary/aromatic N) is 1. The molecule has 1 aliphatic rings. The highest BCUT2D eigenvalue weighted by Gasteiger charge is 2.28. The molecule has 116 valence electrons. The molecule has 1 saturated heterocycles. The molecule has 1 aliphatic heterocycles. The quantitative estimate of drug-likeness (QED) is 0.944. The Hall–Kier alpha value is -1.92. The maximum Gasteiger partial charge on any atom is 0.306 e. The molecule has 5 nitrogen and oxygen atoms in total. The molecule has 0 saturated carbocycles. The number of amides is 1. The summed E-state index contributed by atoms with van der Waals surface area (Å²) in [4.78, 5) is 26.0. The summed E-state index contributed by atoms with van der Waals surface area (Å²) in [5.41, 5.74) is 0.992. The van der Waals surface area contributed by atoms with E-state index >= 15 is 0 Å². The Balaban J connectivity index is 1.83. The van der Waals surface area contributed by atoms with Gasteiger partial charge in [0.2, 0.25) is 0 Å². The molecule has 1 fully saturated rings. The summed E-state index contributed by atoms with van der Waals surface area (Å²) in [7, 11) is 0. The van der Waals surface area contributed by atoms with Gasteiger partial charge in [0, 0.05) is 17.8 Å². The van der Waals surface area contributed by atoms with Gasteiger partial charge in [0.15, 0.2) is 0 Å². The minimum Gasteiger partial charge on any atom is -0.481 e. The summed E-state index contributed by atoms with van der Waals surface area (Å²) in [5.74, 6) is -0.935. The number of benzene rings is 1. The number of carboxylic acid groups (broad SMARTS) is 1. The Morgan fingerprint density at radius 2 is 2.18 bits per heavy atom. The smallest absolute Gasteiger partial charge is 0.306 e. The standard InChI is InChI=1S/C16H17NO4S/c1-10-12-4-2-3-5-13(12)22-15(10)16(20)17-6-7-21-11(9-17)8-14(18)19/h2-5,11H,6-9H2,1H3,(H,18,19)/t11-/m1/s1. The number of morpholine rings is 1. The van der Waals surface area contributed by atoms with Crippen LogP contribution in [0.25, 0.3) is 10.1 Å². The molecule has 0 spiro atoms. The van der Waals surface area contributed by atoms with Gasteiger partial charge in [0.1, 0.15) is 0 Å². The van der Waals surface area contributed by atoms with Gasteiger partial charge in [-0.15, -0.1) is 11.3 Å². The van der Waals surface area contributed by atoms with Crippen molar-refractivity contribution in [3.8, 4) is 0 Å². The molecule has 3 rings (SSSR count). The molecule has 0 bridgehead atoms. The number of rotatable bonds is 3. The monoisotopic (exact) mass is 319 g/mol. The average molecular weight is 319 g/mol. The molecule has 1 amide bonds. The third-order valence-electron chi connectivity index (χ3n) is 3.87. The van der Waals surface area contributed by atoms with Crippen LogP contribution < -0.4 is 0 Å². The second kappa shape index (κ2) is 6.06. The van der Waals surface area contributed by atoms with Crippen LogP contribution in [0.4, 0.5) is 0 Å². The summed E-state index contributed by atoms with van der Waals surface area (Å²) >= 11 is 1.49. The van der Waals surface area contributed by atoms with E-state index < -0.39 is 12.1 Å². The fraction of sp³-hybridized carbons (Fsp3) is 0.375. The molecule has 1 atom stereocenters. The Morgan fingerprint density at radius 1 is 1.41 bits per heavy atom. The molecule has 1 N–H and O–H groups in total. The number of aryl methyl sites for hydroxylation is 1. The van der Waals surface area contributed by atoms with Crippen LogP contribution >= 0.6 is 11.3 Å². The fourth-order valence-corrected chi connectivity index (χ4v) is 3.92. The second-order valence-electron chi connectivity index (χ2n) is 5.39. The van der Waals surface area contributed by atoms with Crippen LogP contribution in [0.5, 0.6) is 0 Å². The van der Waals surface area contributed by atoms with Crippen LogP contribution in [0.3, 0.4) is 0 Å². The number of ether oxygens (including phenoxy) is 1. The zero-order valence-corrected chi connectivity index (χ0v) is 13.1. The van der Waals surface area contributed by atoms with Crippen LogP contribution in [-0.2, 0) is 9.53 Å². The lowest BCUT2D eigenvalue weighted by atomic mass is 10.1. The van der Waals surface area contributed by atoms with Gasteiger partial charge >= 0.3 is 5.97 Å². The van der Waals surface area contributed by atoms with Gasteiger partial charge in [-0.25, -0.2) is 0 Å². The van der Waals surface area contributed by atoms with Gasteiger partial charge in [-0.2, -0.15) is 0 Å². The van der Waals surface area contributed by atoms with Gasteiger partial charge in [0.05, 0.1) is 24.0 Å². The first kappa shape index (κ1) is 15.0. The zero-order valence-electron chi connectivity index (χ0n) is 12.2. The maximum atomic E-state index is 12.8. The van der Waals surface area contributed by atoms with Crippen molar-refractivity contribution in [2.75, 3.05) is 19.7 Å². The lowest BCUT2D eigenvalue weighted by Crippen LogP contribution is -2.46. The predicted molar refractivity (Wildman–Crippen MR) is 84.5 cm³/mol. The third-order valence-corrected chi connectivity index (χ3v) is 5.13. The first-order valence-corrected chi connectivity index (χ1v) is 7.98. The third kappa shape index (κ3) is 2.84. The number of carboxylic acids is 1. The fourth-order valence-electron chi connectivity index (χ4n) is 2.74. The normalized spacial score (nSPS) is 18.6. The minimum atomic E-state index is -0.905. The van der Waals surface area contributed by atoms with Gasteiger partial charge in [-0.3, -0.25) is 9.59 Å². The van der Waals surface area contributed by atoms with Crippen LogP contribution in [0.2, 0.25) is 0 Å². The van der Waals surface area contributed by atoms with E-state index in [4.69, 9.17) is 9.84 Å². The summed E-state index contributed by atoms with van der Waals surface area (Å²) in [5, 5.41) is 9.97. The van der Waals surface area contributed by atoms with Crippen molar-refractivity contribution in [1.29, 1.82) is 0 Å². The Kier molecular flexibility index (Phi) is 4.13. The van der Waals surface area contributed by atoms with Crippen molar-refractivity contribution >= 4 is 33.3 Å². The van der Waals surface area contributed by atoms with E-state index in [1.54, 1.807) is 4.90 Å². The van der Waals surface area contributed by atoms with E-state index in [0.717, 1.165) is 20.5 Å². The van der Waals surface area contributed by atoms with Crippen molar-refractivity contribution in [2.24, 2.45) is 0 Å². The number of aliphatic carboxylic acids is 1. The molecule has 0 unspecified atom stereocenters. The lowest BCUT2D eigenvalue weighted by Gasteiger charge is -2.32. The van der Waals surface area contributed by atoms with E-state index in [1.807, 2.05) is 31.2 Å². The molecule has 1 aromatic carbocycles. The van der Waals surface area contributed by atoms with Crippen LogP contribution in [-0.4, -0.2) is 47.7 Å². The molecular weight excluding hydrogens is 302 g/mol. The Morgan fingerprint density at radius 3 is 2.91 bits per heavy atom. The van der Waals surface area contributed by atoms with Crippen LogP contribution in [0, 0.1) is 6.92 Å². The molecule has 22 heavy (non-hydrogen) atoms. The topological polar surface area (TPSA) is 66.8 Å². The highest BCUT2D eigenvalue weighted by molar-refractivity contribution is 7.21. The largest absolute Gasteiger partial charge is 0.481 e. The molecule has 0 radical (unpaired) electrons. The van der Waals surface area contributed by atoms with Crippen molar-refractivity contribution in [3.63, 3.8) is 0 Å². The van der Waals surface area contributed by atoms with Gasteiger partial charge in [0.25, 0.3) is 5.91 Å².